The number of nitrogen functional groups attached to an aromatic ring is 1. The summed E-state index contributed by atoms with van der Waals surface area (Å²) in [5.41, 5.74) is 7.48. The number of halogens is 1. The lowest BCUT2D eigenvalue weighted by Gasteiger charge is -2.07. The number of aromatic amines is 1. The fourth-order valence-electron chi connectivity index (χ4n) is 1.98. The topological polar surface area (TPSA) is 81.0 Å². The van der Waals surface area contributed by atoms with Crippen molar-refractivity contribution < 1.29 is 4.74 Å². The number of nitrogens with two attached hydrogens (primary N) is 1. The second kappa shape index (κ2) is 5.21. The molecule has 3 aromatic rings. The third-order valence-corrected chi connectivity index (χ3v) is 3.94. The van der Waals surface area contributed by atoms with E-state index in [1.807, 2.05) is 19.1 Å². The molecule has 0 atom stereocenters. The minimum atomic E-state index is -0.281. The van der Waals surface area contributed by atoms with E-state index in [9.17, 15) is 4.79 Å². The third-order valence-electron chi connectivity index (χ3n) is 3.05. The number of benzene rings is 2. The second-order valence-electron chi connectivity index (χ2n) is 4.66. The van der Waals surface area contributed by atoms with Crippen molar-refractivity contribution in [2.75, 3.05) is 5.73 Å². The van der Waals surface area contributed by atoms with Crippen LogP contribution in [0.2, 0.25) is 0 Å². The minimum absolute atomic E-state index is 0.152. The molecule has 0 spiro atoms. The molecule has 0 aliphatic heterocycles. The zero-order valence-electron chi connectivity index (χ0n) is 11.2. The summed E-state index contributed by atoms with van der Waals surface area (Å²) in [6, 6.07) is 10.7. The van der Waals surface area contributed by atoms with Crippen LogP contribution in [0.25, 0.3) is 10.9 Å². The van der Waals surface area contributed by atoms with Gasteiger partial charge in [-0.25, -0.2) is 0 Å². The van der Waals surface area contributed by atoms with E-state index in [0.29, 0.717) is 22.3 Å². The number of hydrogen-bond acceptors (Lipinski definition) is 4. The maximum Gasteiger partial charge on any atom is 0.302 e. The van der Waals surface area contributed by atoms with Gasteiger partial charge in [0.1, 0.15) is 5.75 Å². The molecule has 0 bridgehead atoms. The van der Waals surface area contributed by atoms with Crippen LogP contribution >= 0.6 is 15.9 Å². The highest BCUT2D eigenvalue weighted by Crippen LogP contribution is 2.24. The third kappa shape index (κ3) is 2.75. The molecule has 3 rings (SSSR count). The van der Waals surface area contributed by atoms with Crippen molar-refractivity contribution in [1.82, 2.24) is 9.97 Å². The molecular formula is C15H12BrN3O2. The summed E-state index contributed by atoms with van der Waals surface area (Å²) < 4.78 is 6.61. The Balaban J connectivity index is 2.03. The van der Waals surface area contributed by atoms with Gasteiger partial charge in [0, 0.05) is 10.2 Å². The van der Waals surface area contributed by atoms with Crippen LogP contribution in [-0.4, -0.2) is 9.97 Å². The summed E-state index contributed by atoms with van der Waals surface area (Å²) in [6.45, 7) is 1.95. The van der Waals surface area contributed by atoms with Crippen LogP contribution in [0.1, 0.15) is 5.56 Å². The first-order valence-corrected chi connectivity index (χ1v) is 7.06. The van der Waals surface area contributed by atoms with Crippen molar-refractivity contribution in [3.63, 3.8) is 0 Å². The monoisotopic (exact) mass is 345 g/mol. The minimum Gasteiger partial charge on any atom is -0.426 e. The van der Waals surface area contributed by atoms with Gasteiger partial charge in [-0.2, -0.15) is 4.98 Å². The predicted octanol–water partition coefficient (Wildman–Crippen LogP) is 3.37. The van der Waals surface area contributed by atoms with Crippen LogP contribution < -0.4 is 16.0 Å². The molecule has 0 radical (unpaired) electrons. The zero-order chi connectivity index (χ0) is 15.0. The number of hydrogen-bond donors (Lipinski definition) is 2. The number of fused-ring (bicyclic) bond motifs is 1. The van der Waals surface area contributed by atoms with E-state index in [0.717, 1.165) is 10.0 Å². The highest BCUT2D eigenvalue weighted by atomic mass is 79.9. The van der Waals surface area contributed by atoms with Crippen LogP contribution in [0.4, 0.5) is 5.69 Å². The Hall–Kier alpha value is -2.34. The molecule has 6 heteroatoms. The Kier molecular flexibility index (Phi) is 3.39. The van der Waals surface area contributed by atoms with E-state index in [4.69, 9.17) is 10.5 Å². The van der Waals surface area contributed by atoms with Crippen LogP contribution in [-0.2, 0) is 0 Å². The number of aromatic nitrogens is 2. The normalized spacial score (nSPS) is 10.8. The summed E-state index contributed by atoms with van der Waals surface area (Å²) >= 11 is 3.42. The first-order valence-electron chi connectivity index (χ1n) is 6.26. The van der Waals surface area contributed by atoms with Gasteiger partial charge in [-0.1, -0.05) is 15.9 Å². The van der Waals surface area contributed by atoms with Crippen molar-refractivity contribution in [3.8, 4) is 11.8 Å². The highest BCUT2D eigenvalue weighted by Gasteiger charge is 2.07. The van der Waals surface area contributed by atoms with E-state index in [2.05, 4.69) is 25.9 Å². The van der Waals surface area contributed by atoms with Crippen molar-refractivity contribution >= 4 is 32.5 Å². The van der Waals surface area contributed by atoms with E-state index in [1.165, 1.54) is 0 Å². The first kappa shape index (κ1) is 13.6. The second-order valence-corrected chi connectivity index (χ2v) is 5.52. The standard InChI is InChI=1S/C15H12BrN3O2/c1-8-6-10(3-4-12(8)16)21-15-18-13-5-2-9(17)7-11(13)14(20)19-15/h2-7H,17H2,1H3,(H,18,19,20). The summed E-state index contributed by atoms with van der Waals surface area (Å²) in [6.07, 6.45) is 0. The van der Waals surface area contributed by atoms with Crippen LogP contribution in [0.3, 0.4) is 0 Å². The molecule has 0 amide bonds. The van der Waals surface area contributed by atoms with Crippen molar-refractivity contribution in [1.29, 1.82) is 0 Å². The van der Waals surface area contributed by atoms with E-state index >= 15 is 0 Å². The molecular weight excluding hydrogens is 334 g/mol. The molecule has 5 nitrogen and oxygen atoms in total. The Bertz CT molecular complexity index is 890. The lowest BCUT2D eigenvalue weighted by Crippen LogP contribution is -2.09. The van der Waals surface area contributed by atoms with E-state index in [-0.39, 0.29) is 11.6 Å². The Morgan fingerprint density at radius 1 is 1.24 bits per heavy atom. The van der Waals surface area contributed by atoms with Gasteiger partial charge in [0.2, 0.25) is 0 Å². The fourth-order valence-corrected chi connectivity index (χ4v) is 2.22. The fraction of sp³-hybridized carbons (Fsp3) is 0.0667. The lowest BCUT2D eigenvalue weighted by atomic mass is 10.2. The zero-order valence-corrected chi connectivity index (χ0v) is 12.8. The van der Waals surface area contributed by atoms with Crippen molar-refractivity contribution in [2.24, 2.45) is 0 Å². The van der Waals surface area contributed by atoms with Crippen molar-refractivity contribution in [3.05, 3.63) is 56.8 Å². The van der Waals surface area contributed by atoms with Crippen LogP contribution in [0.5, 0.6) is 11.8 Å². The number of ether oxygens (including phenoxy) is 1. The largest absolute Gasteiger partial charge is 0.426 e. The molecule has 0 unspecified atom stereocenters. The molecule has 1 aromatic heterocycles. The summed E-state index contributed by atoms with van der Waals surface area (Å²) in [7, 11) is 0. The summed E-state index contributed by atoms with van der Waals surface area (Å²) in [5, 5.41) is 0.439. The molecule has 21 heavy (non-hydrogen) atoms. The van der Waals surface area contributed by atoms with Gasteiger partial charge >= 0.3 is 6.01 Å². The molecule has 0 fully saturated rings. The molecule has 2 aromatic carbocycles. The maximum absolute atomic E-state index is 12.0. The molecule has 0 aliphatic rings. The van der Waals surface area contributed by atoms with Gasteiger partial charge < -0.3 is 10.5 Å². The van der Waals surface area contributed by atoms with Gasteiger partial charge in [-0.15, -0.1) is 0 Å². The number of anilines is 1. The number of rotatable bonds is 2. The van der Waals surface area contributed by atoms with Gasteiger partial charge in [0.05, 0.1) is 10.9 Å². The Morgan fingerprint density at radius 2 is 2.05 bits per heavy atom. The lowest BCUT2D eigenvalue weighted by molar-refractivity contribution is 0.442. The molecule has 1 heterocycles. The Morgan fingerprint density at radius 3 is 2.81 bits per heavy atom. The van der Waals surface area contributed by atoms with Crippen LogP contribution in [0, 0.1) is 6.92 Å². The van der Waals surface area contributed by atoms with Crippen molar-refractivity contribution in [2.45, 2.75) is 6.92 Å². The quantitative estimate of drug-likeness (QED) is 0.697. The average Bonchev–Trinajstić information content (AvgIpc) is 2.44. The first-order chi connectivity index (χ1) is 10.0. The smallest absolute Gasteiger partial charge is 0.302 e. The van der Waals surface area contributed by atoms with Gasteiger partial charge in [-0.3, -0.25) is 9.78 Å². The molecule has 0 saturated carbocycles. The molecule has 0 aliphatic carbocycles. The number of nitrogens with one attached hydrogen (secondary N) is 1. The summed E-state index contributed by atoms with van der Waals surface area (Å²) in [5.74, 6) is 0.605. The Labute approximate surface area is 128 Å². The molecule has 106 valence electrons. The average molecular weight is 346 g/mol. The maximum atomic E-state index is 12.0. The number of aryl methyl sites for hydroxylation is 1. The number of H-pyrrole nitrogens is 1. The summed E-state index contributed by atoms with van der Waals surface area (Å²) in [4.78, 5) is 18.9. The van der Waals surface area contributed by atoms with Gasteiger partial charge in [0.15, 0.2) is 0 Å². The predicted molar refractivity (Wildman–Crippen MR) is 85.7 cm³/mol. The van der Waals surface area contributed by atoms with E-state index in [1.54, 1.807) is 24.3 Å². The molecule has 0 saturated heterocycles. The van der Waals surface area contributed by atoms with Gasteiger partial charge in [0.25, 0.3) is 5.56 Å². The van der Waals surface area contributed by atoms with E-state index < -0.39 is 0 Å². The van der Waals surface area contributed by atoms with Gasteiger partial charge in [-0.05, 0) is 48.9 Å². The highest BCUT2D eigenvalue weighted by molar-refractivity contribution is 9.10. The molecule has 3 N–H and O–H groups in total. The van der Waals surface area contributed by atoms with Crippen LogP contribution in [0.15, 0.2) is 45.7 Å². The SMILES string of the molecule is Cc1cc(Oc2nc3ccc(N)cc3c(=O)[nH]2)ccc1Br. The number of nitrogens with zero attached hydrogens (tertiary/aromatic N) is 1.